The number of rotatable bonds is 5. The first-order chi connectivity index (χ1) is 17.0. The number of carboxylic acid groups (broad SMARTS) is 1. The quantitative estimate of drug-likeness (QED) is 0.506. The fourth-order valence-electron chi connectivity index (χ4n) is 4.94. The lowest BCUT2D eigenvalue weighted by Crippen LogP contribution is -2.63. The van der Waals surface area contributed by atoms with E-state index in [1.807, 2.05) is 32.9 Å². The van der Waals surface area contributed by atoms with Gasteiger partial charge < -0.3 is 25.0 Å². The van der Waals surface area contributed by atoms with Gasteiger partial charge >= 0.3 is 12.1 Å². The number of ether oxygens (including phenoxy) is 1. The standard InChI is InChI=1S/C25H35N5O6/c1-25(2,3)36-24(35)30-11-9-28-8-10-29(14-18(28)15-30)17-4-5-19(23(33)34)16(12-17)13-26-20-6-7-21(31)27-22(20)32/h4-5,12,18,20,26H,6-11,13-15H2,1-3H3,(H,33,34)(H,27,31,32). The van der Waals surface area contributed by atoms with Gasteiger partial charge in [0.25, 0.3) is 0 Å². The zero-order chi connectivity index (χ0) is 26.0. The molecule has 2 atom stereocenters. The molecule has 3 aliphatic rings. The van der Waals surface area contributed by atoms with Crippen molar-refractivity contribution >= 4 is 29.6 Å². The molecule has 3 saturated heterocycles. The number of anilines is 1. The van der Waals surface area contributed by atoms with Crippen LogP contribution in [-0.2, 0) is 20.9 Å². The van der Waals surface area contributed by atoms with Crippen molar-refractivity contribution in [3.63, 3.8) is 0 Å². The topological polar surface area (TPSA) is 132 Å². The highest BCUT2D eigenvalue weighted by Gasteiger charge is 2.35. The third-order valence-electron chi connectivity index (χ3n) is 6.81. The minimum atomic E-state index is -1.04. The van der Waals surface area contributed by atoms with E-state index in [0.29, 0.717) is 31.6 Å². The van der Waals surface area contributed by atoms with E-state index >= 15 is 0 Å². The number of nitrogens with zero attached hydrogens (tertiary/aromatic N) is 3. The predicted molar refractivity (Wildman–Crippen MR) is 132 cm³/mol. The number of aromatic carboxylic acids is 1. The first-order valence-corrected chi connectivity index (χ1v) is 12.4. The highest BCUT2D eigenvalue weighted by atomic mass is 16.6. The molecule has 1 aromatic carbocycles. The van der Waals surface area contributed by atoms with Crippen molar-refractivity contribution in [2.45, 2.75) is 57.8 Å². The van der Waals surface area contributed by atoms with Gasteiger partial charge in [-0.15, -0.1) is 0 Å². The second-order valence-corrected chi connectivity index (χ2v) is 10.6. The average molecular weight is 502 g/mol. The van der Waals surface area contributed by atoms with Crippen molar-refractivity contribution in [2.24, 2.45) is 0 Å². The maximum Gasteiger partial charge on any atom is 0.410 e. The van der Waals surface area contributed by atoms with Crippen LogP contribution < -0.4 is 15.5 Å². The van der Waals surface area contributed by atoms with Crippen LogP contribution in [0.1, 0.15) is 49.5 Å². The van der Waals surface area contributed by atoms with Crippen LogP contribution in [0.25, 0.3) is 0 Å². The van der Waals surface area contributed by atoms with Gasteiger partial charge in [-0.2, -0.15) is 0 Å². The van der Waals surface area contributed by atoms with Crippen LogP contribution >= 0.6 is 0 Å². The molecule has 3 heterocycles. The molecular weight excluding hydrogens is 466 g/mol. The first-order valence-electron chi connectivity index (χ1n) is 12.4. The van der Waals surface area contributed by atoms with E-state index in [-0.39, 0.29) is 42.5 Å². The number of carbonyl (C=O) groups is 4. The van der Waals surface area contributed by atoms with Crippen LogP contribution in [0.2, 0.25) is 0 Å². The second-order valence-electron chi connectivity index (χ2n) is 10.6. The molecule has 2 unspecified atom stereocenters. The number of piperazine rings is 2. The fourth-order valence-corrected chi connectivity index (χ4v) is 4.94. The number of carboxylic acids is 1. The lowest BCUT2D eigenvalue weighted by atomic mass is 10.0. The molecule has 4 rings (SSSR count). The average Bonchev–Trinajstić information content (AvgIpc) is 2.81. The van der Waals surface area contributed by atoms with Crippen molar-refractivity contribution < 1.29 is 29.0 Å². The van der Waals surface area contributed by atoms with E-state index in [9.17, 15) is 24.3 Å². The summed E-state index contributed by atoms with van der Waals surface area (Å²) in [6.07, 6.45) is 0.332. The summed E-state index contributed by atoms with van der Waals surface area (Å²) in [6.45, 7) is 10.1. The van der Waals surface area contributed by atoms with E-state index in [2.05, 4.69) is 20.4 Å². The Hall–Kier alpha value is -3.18. The van der Waals surface area contributed by atoms with E-state index < -0.39 is 17.6 Å². The van der Waals surface area contributed by atoms with Gasteiger partial charge in [0.05, 0.1) is 11.6 Å². The molecule has 11 nitrogen and oxygen atoms in total. The smallest absolute Gasteiger partial charge is 0.410 e. The number of imide groups is 1. The Morgan fingerprint density at radius 1 is 1.14 bits per heavy atom. The summed E-state index contributed by atoms with van der Waals surface area (Å²) < 4.78 is 5.56. The highest BCUT2D eigenvalue weighted by molar-refractivity contribution is 6.00. The Balaban J connectivity index is 1.44. The molecule has 0 bridgehead atoms. The van der Waals surface area contributed by atoms with Crippen LogP contribution in [-0.4, -0.2) is 95.7 Å². The summed E-state index contributed by atoms with van der Waals surface area (Å²) in [6, 6.07) is 4.86. The van der Waals surface area contributed by atoms with Gasteiger partial charge in [0, 0.05) is 64.0 Å². The number of piperidine rings is 1. The molecule has 0 radical (unpaired) electrons. The van der Waals surface area contributed by atoms with Crippen LogP contribution in [0, 0.1) is 0 Å². The van der Waals surface area contributed by atoms with Crippen LogP contribution in [0.5, 0.6) is 0 Å². The maximum absolute atomic E-state index is 12.6. The summed E-state index contributed by atoms with van der Waals surface area (Å²) in [5.74, 6) is -1.72. The minimum Gasteiger partial charge on any atom is -0.478 e. The number of benzene rings is 1. The van der Waals surface area contributed by atoms with Crippen LogP contribution in [0.4, 0.5) is 10.5 Å². The Morgan fingerprint density at radius 3 is 2.58 bits per heavy atom. The predicted octanol–water partition coefficient (Wildman–Crippen LogP) is 1.02. The molecule has 196 valence electrons. The molecule has 3 fully saturated rings. The van der Waals surface area contributed by atoms with Crippen molar-refractivity contribution in [2.75, 3.05) is 44.2 Å². The SMILES string of the molecule is CC(C)(C)OC(=O)N1CCN2CCN(c3ccc(C(=O)O)c(CNC4CCC(=O)NC4=O)c3)CC2C1. The number of hydrogen-bond acceptors (Lipinski definition) is 8. The molecule has 0 spiro atoms. The molecule has 3 aliphatic heterocycles. The number of fused-ring (bicyclic) bond motifs is 1. The van der Waals surface area contributed by atoms with E-state index in [0.717, 1.165) is 25.3 Å². The molecule has 11 heteroatoms. The zero-order valence-electron chi connectivity index (χ0n) is 21.1. The molecule has 3 N–H and O–H groups in total. The third-order valence-corrected chi connectivity index (χ3v) is 6.81. The van der Waals surface area contributed by atoms with Gasteiger partial charge in [-0.05, 0) is 51.0 Å². The molecule has 0 aliphatic carbocycles. The molecule has 1 aromatic rings. The fraction of sp³-hybridized carbons (Fsp3) is 0.600. The van der Waals surface area contributed by atoms with Crippen molar-refractivity contribution in [3.8, 4) is 0 Å². The van der Waals surface area contributed by atoms with Gasteiger partial charge in [0.1, 0.15) is 5.60 Å². The zero-order valence-corrected chi connectivity index (χ0v) is 21.1. The molecule has 3 amide bonds. The van der Waals surface area contributed by atoms with Gasteiger partial charge in [-0.1, -0.05) is 0 Å². The summed E-state index contributed by atoms with van der Waals surface area (Å²) in [7, 11) is 0. The molecule has 0 aromatic heterocycles. The van der Waals surface area contributed by atoms with Crippen molar-refractivity contribution in [1.82, 2.24) is 20.4 Å². The lowest BCUT2D eigenvalue weighted by molar-refractivity contribution is -0.134. The number of nitrogens with one attached hydrogen (secondary N) is 2. The van der Waals surface area contributed by atoms with E-state index in [1.54, 1.807) is 11.0 Å². The Morgan fingerprint density at radius 2 is 1.89 bits per heavy atom. The summed E-state index contributed by atoms with van der Waals surface area (Å²) in [5.41, 5.74) is 1.10. The largest absolute Gasteiger partial charge is 0.478 e. The number of carbonyl (C=O) groups excluding carboxylic acids is 3. The van der Waals surface area contributed by atoms with Crippen molar-refractivity contribution in [3.05, 3.63) is 29.3 Å². The Kier molecular flexibility index (Phi) is 7.51. The maximum atomic E-state index is 12.6. The monoisotopic (exact) mass is 501 g/mol. The van der Waals surface area contributed by atoms with E-state index in [4.69, 9.17) is 4.74 Å². The first kappa shape index (κ1) is 25.9. The van der Waals surface area contributed by atoms with Gasteiger partial charge in [-0.3, -0.25) is 19.8 Å². The number of hydrogen-bond donors (Lipinski definition) is 3. The Labute approximate surface area is 210 Å². The second kappa shape index (κ2) is 10.4. The van der Waals surface area contributed by atoms with E-state index in [1.165, 1.54) is 0 Å². The summed E-state index contributed by atoms with van der Waals surface area (Å²) in [5, 5.41) is 15.1. The van der Waals surface area contributed by atoms with Crippen LogP contribution in [0.15, 0.2) is 18.2 Å². The third kappa shape index (κ3) is 6.14. The minimum absolute atomic E-state index is 0.143. The van der Waals surface area contributed by atoms with Gasteiger partial charge in [-0.25, -0.2) is 9.59 Å². The number of amides is 3. The Bertz CT molecular complexity index is 1040. The lowest BCUT2D eigenvalue weighted by Gasteiger charge is -2.47. The van der Waals surface area contributed by atoms with Gasteiger partial charge in [0.2, 0.25) is 11.8 Å². The van der Waals surface area contributed by atoms with Crippen LogP contribution in [0.3, 0.4) is 0 Å². The molecule has 36 heavy (non-hydrogen) atoms. The normalized spacial score (nSPS) is 23.2. The molecular formula is C25H35N5O6. The summed E-state index contributed by atoms with van der Waals surface area (Å²) in [4.78, 5) is 54.3. The van der Waals surface area contributed by atoms with Gasteiger partial charge in [0.15, 0.2) is 0 Å². The highest BCUT2D eigenvalue weighted by Crippen LogP contribution is 2.25. The summed E-state index contributed by atoms with van der Waals surface area (Å²) >= 11 is 0. The van der Waals surface area contributed by atoms with Crippen molar-refractivity contribution in [1.29, 1.82) is 0 Å². The molecule has 0 saturated carbocycles.